The highest BCUT2D eigenvalue weighted by molar-refractivity contribution is 6.30. The molecule has 0 saturated heterocycles. The lowest BCUT2D eigenvalue weighted by Gasteiger charge is -2.28. The fourth-order valence-electron chi connectivity index (χ4n) is 3.17. The molecule has 3 nitrogen and oxygen atoms in total. The summed E-state index contributed by atoms with van der Waals surface area (Å²) in [5, 5.41) is 3.67. The maximum atomic E-state index is 12.9. The van der Waals surface area contributed by atoms with E-state index in [1.807, 2.05) is 43.3 Å². The maximum Gasteiger partial charge on any atom is 0.236 e. The summed E-state index contributed by atoms with van der Waals surface area (Å²) in [6.45, 7) is 1.98. The molecular formula is C18H19ClN2O. The normalized spacial score (nSPS) is 16.5. The highest BCUT2D eigenvalue weighted by Gasteiger charge is 2.42. The lowest BCUT2D eigenvalue weighted by Crippen LogP contribution is -2.38. The van der Waals surface area contributed by atoms with Gasteiger partial charge in [0.2, 0.25) is 5.91 Å². The topological polar surface area (TPSA) is 42.0 Å². The average molecular weight is 315 g/mol. The number of pyridine rings is 1. The van der Waals surface area contributed by atoms with Crippen molar-refractivity contribution in [2.75, 3.05) is 5.32 Å². The predicted octanol–water partition coefficient (Wildman–Crippen LogP) is 4.49. The Morgan fingerprint density at radius 3 is 2.41 bits per heavy atom. The van der Waals surface area contributed by atoms with Crippen molar-refractivity contribution in [3.63, 3.8) is 0 Å². The Hall–Kier alpha value is -1.87. The van der Waals surface area contributed by atoms with Gasteiger partial charge in [-0.2, -0.15) is 0 Å². The largest absolute Gasteiger partial charge is 0.310 e. The molecule has 4 heteroatoms. The average Bonchev–Trinajstić information content (AvgIpc) is 3.01. The number of rotatable bonds is 3. The van der Waals surface area contributed by atoms with E-state index in [0.29, 0.717) is 10.8 Å². The number of benzene rings is 1. The van der Waals surface area contributed by atoms with Crippen LogP contribution in [0.4, 0.5) is 5.82 Å². The molecule has 0 spiro atoms. The van der Waals surface area contributed by atoms with Crippen LogP contribution in [-0.4, -0.2) is 10.9 Å². The number of nitrogens with one attached hydrogen (secondary N) is 1. The Kier molecular flexibility index (Phi) is 4.16. The summed E-state index contributed by atoms with van der Waals surface area (Å²) >= 11 is 5.98. The molecule has 1 saturated carbocycles. The summed E-state index contributed by atoms with van der Waals surface area (Å²) in [6, 6.07) is 11.4. The number of amides is 1. The molecule has 1 fully saturated rings. The molecular weight excluding hydrogens is 296 g/mol. The van der Waals surface area contributed by atoms with Crippen molar-refractivity contribution in [2.24, 2.45) is 0 Å². The lowest BCUT2D eigenvalue weighted by molar-refractivity contribution is -0.121. The number of carbonyl (C=O) groups is 1. The summed E-state index contributed by atoms with van der Waals surface area (Å²) < 4.78 is 0. The van der Waals surface area contributed by atoms with Crippen molar-refractivity contribution in [1.29, 1.82) is 0 Å². The van der Waals surface area contributed by atoms with Crippen LogP contribution >= 0.6 is 11.6 Å². The van der Waals surface area contributed by atoms with E-state index in [1.54, 1.807) is 6.20 Å². The fraction of sp³-hybridized carbons (Fsp3) is 0.333. The van der Waals surface area contributed by atoms with Crippen LogP contribution in [0.3, 0.4) is 0 Å². The van der Waals surface area contributed by atoms with Crippen LogP contribution in [0, 0.1) is 6.92 Å². The van der Waals surface area contributed by atoms with E-state index in [2.05, 4.69) is 10.3 Å². The third-order valence-electron chi connectivity index (χ3n) is 4.44. The smallest absolute Gasteiger partial charge is 0.236 e. The van der Waals surface area contributed by atoms with E-state index in [4.69, 9.17) is 11.6 Å². The molecule has 0 bridgehead atoms. The standard InChI is InChI=1S/C18H19ClN2O/c1-13-4-9-16(20-12-13)21-17(22)18(10-2-3-11-18)14-5-7-15(19)8-6-14/h4-9,12H,2-3,10-11H2,1H3,(H,20,21,22). The van der Waals surface area contributed by atoms with Crippen LogP contribution in [0.25, 0.3) is 0 Å². The van der Waals surface area contributed by atoms with Gasteiger partial charge in [0.1, 0.15) is 5.82 Å². The highest BCUT2D eigenvalue weighted by atomic mass is 35.5. The van der Waals surface area contributed by atoms with E-state index in [9.17, 15) is 4.79 Å². The Balaban J connectivity index is 1.88. The number of nitrogens with zero attached hydrogens (tertiary/aromatic N) is 1. The number of aryl methyl sites for hydroxylation is 1. The molecule has 1 N–H and O–H groups in total. The summed E-state index contributed by atoms with van der Waals surface area (Å²) in [4.78, 5) is 17.2. The van der Waals surface area contributed by atoms with Crippen molar-refractivity contribution in [2.45, 2.75) is 38.0 Å². The number of hydrogen-bond donors (Lipinski definition) is 1. The number of anilines is 1. The SMILES string of the molecule is Cc1ccc(NC(=O)C2(c3ccc(Cl)cc3)CCCC2)nc1. The van der Waals surface area contributed by atoms with Gasteiger partial charge in [0.15, 0.2) is 0 Å². The first-order chi connectivity index (χ1) is 10.6. The first-order valence-corrected chi connectivity index (χ1v) is 7.98. The summed E-state index contributed by atoms with van der Waals surface area (Å²) in [7, 11) is 0. The molecule has 1 aliphatic carbocycles. The minimum absolute atomic E-state index is 0.0312. The number of carbonyl (C=O) groups excluding carboxylic acids is 1. The maximum absolute atomic E-state index is 12.9. The summed E-state index contributed by atoms with van der Waals surface area (Å²) in [5.74, 6) is 0.638. The van der Waals surface area contributed by atoms with E-state index in [1.165, 1.54) is 0 Å². The van der Waals surface area contributed by atoms with Crippen LogP contribution in [0.15, 0.2) is 42.6 Å². The Morgan fingerprint density at radius 1 is 1.14 bits per heavy atom. The zero-order valence-electron chi connectivity index (χ0n) is 12.6. The van der Waals surface area contributed by atoms with Gasteiger partial charge in [-0.1, -0.05) is 42.6 Å². The van der Waals surface area contributed by atoms with Crippen LogP contribution in [-0.2, 0) is 10.2 Å². The number of hydrogen-bond acceptors (Lipinski definition) is 2. The molecule has 1 aromatic carbocycles. The molecule has 114 valence electrons. The first-order valence-electron chi connectivity index (χ1n) is 7.60. The first kappa shape index (κ1) is 15.0. The molecule has 0 unspecified atom stereocenters. The molecule has 1 amide bonds. The molecule has 0 atom stereocenters. The van der Waals surface area contributed by atoms with Gasteiger partial charge in [-0.25, -0.2) is 4.98 Å². The van der Waals surface area contributed by atoms with Crippen LogP contribution < -0.4 is 5.32 Å². The summed E-state index contributed by atoms with van der Waals surface area (Å²) in [6.07, 6.45) is 5.63. The predicted molar refractivity (Wildman–Crippen MR) is 89.2 cm³/mol. The molecule has 1 heterocycles. The Bertz CT molecular complexity index is 658. The molecule has 1 aliphatic rings. The van der Waals surface area contributed by atoms with E-state index >= 15 is 0 Å². The quantitative estimate of drug-likeness (QED) is 0.906. The van der Waals surface area contributed by atoms with Gasteiger partial charge in [-0.15, -0.1) is 0 Å². The van der Waals surface area contributed by atoms with E-state index in [0.717, 1.165) is 36.8 Å². The third kappa shape index (κ3) is 2.86. The minimum atomic E-state index is -0.461. The van der Waals surface area contributed by atoms with Crippen LogP contribution in [0.1, 0.15) is 36.8 Å². The third-order valence-corrected chi connectivity index (χ3v) is 4.69. The van der Waals surface area contributed by atoms with Crippen LogP contribution in [0.5, 0.6) is 0 Å². The Morgan fingerprint density at radius 2 is 1.82 bits per heavy atom. The molecule has 2 aromatic rings. The van der Waals surface area contributed by atoms with Gasteiger partial charge in [0.05, 0.1) is 5.41 Å². The minimum Gasteiger partial charge on any atom is -0.310 e. The number of aromatic nitrogens is 1. The number of halogens is 1. The van der Waals surface area contributed by atoms with Crippen molar-refractivity contribution >= 4 is 23.3 Å². The second-order valence-corrected chi connectivity index (χ2v) is 6.41. The molecule has 0 aliphatic heterocycles. The lowest BCUT2D eigenvalue weighted by atomic mass is 9.78. The monoisotopic (exact) mass is 314 g/mol. The molecule has 0 radical (unpaired) electrons. The second-order valence-electron chi connectivity index (χ2n) is 5.97. The molecule has 22 heavy (non-hydrogen) atoms. The summed E-state index contributed by atoms with van der Waals surface area (Å²) in [5.41, 5.74) is 1.65. The van der Waals surface area contributed by atoms with Gasteiger partial charge in [0.25, 0.3) is 0 Å². The Labute approximate surface area is 135 Å². The van der Waals surface area contributed by atoms with Crippen molar-refractivity contribution in [3.05, 3.63) is 58.7 Å². The molecule has 3 rings (SSSR count). The van der Waals surface area contributed by atoms with Gasteiger partial charge in [-0.05, 0) is 49.1 Å². The van der Waals surface area contributed by atoms with E-state index in [-0.39, 0.29) is 5.91 Å². The van der Waals surface area contributed by atoms with Crippen LogP contribution in [0.2, 0.25) is 5.02 Å². The van der Waals surface area contributed by atoms with Gasteiger partial charge < -0.3 is 5.32 Å². The highest BCUT2D eigenvalue weighted by Crippen LogP contribution is 2.42. The fourth-order valence-corrected chi connectivity index (χ4v) is 3.30. The second kappa shape index (κ2) is 6.09. The van der Waals surface area contributed by atoms with Crippen molar-refractivity contribution in [3.8, 4) is 0 Å². The van der Waals surface area contributed by atoms with Gasteiger partial charge in [-0.3, -0.25) is 4.79 Å². The molecule has 1 aromatic heterocycles. The zero-order valence-corrected chi connectivity index (χ0v) is 13.4. The zero-order chi connectivity index (χ0) is 15.6. The van der Waals surface area contributed by atoms with Gasteiger partial charge >= 0.3 is 0 Å². The van der Waals surface area contributed by atoms with E-state index < -0.39 is 5.41 Å². The van der Waals surface area contributed by atoms with Gasteiger partial charge in [0, 0.05) is 11.2 Å². The van der Waals surface area contributed by atoms with Crippen molar-refractivity contribution < 1.29 is 4.79 Å². The van der Waals surface area contributed by atoms with Crippen molar-refractivity contribution in [1.82, 2.24) is 4.98 Å².